The van der Waals surface area contributed by atoms with Crippen LogP contribution in [-0.4, -0.2) is 19.6 Å². The first-order valence-corrected chi connectivity index (χ1v) is 13.8. The molecule has 2 aromatic carbocycles. The van der Waals surface area contributed by atoms with Crippen molar-refractivity contribution in [3.05, 3.63) is 137 Å². The van der Waals surface area contributed by atoms with Crippen LogP contribution < -0.4 is 15.0 Å². The average molecular weight is 546 g/mol. The molecule has 0 bridgehead atoms. The minimum atomic E-state index is -0.105. The van der Waals surface area contributed by atoms with Crippen molar-refractivity contribution < 1.29 is 4.74 Å². The van der Waals surface area contributed by atoms with E-state index in [1.807, 2.05) is 67.1 Å². The standard InChI is InChI=1S/C33H31N5OS/c1-22-7-11-27(12-8-22)39-28-13-9-26(10-14-28)38-32(31(36-33(38)40)30-6-4-5-17-35-30)29-20-23(2)37(24(29)3)21-25-15-18-34-19-16-25/h4-20,31-32H,21H2,1-3H3,(H,36,40). The van der Waals surface area contributed by atoms with Gasteiger partial charge in [-0.3, -0.25) is 9.97 Å². The number of ether oxygens (including phenoxy) is 1. The zero-order valence-electron chi connectivity index (χ0n) is 22.8. The number of hydrogen-bond acceptors (Lipinski definition) is 4. The lowest BCUT2D eigenvalue weighted by Gasteiger charge is -2.28. The van der Waals surface area contributed by atoms with E-state index >= 15 is 0 Å². The molecule has 6 rings (SSSR count). The van der Waals surface area contributed by atoms with Crippen LogP contribution in [0.4, 0.5) is 5.69 Å². The van der Waals surface area contributed by atoms with Crippen LogP contribution in [0.15, 0.2) is 104 Å². The normalized spacial score (nSPS) is 16.7. The summed E-state index contributed by atoms with van der Waals surface area (Å²) in [5.41, 5.74) is 7.98. The Morgan fingerprint density at radius 2 is 1.55 bits per heavy atom. The summed E-state index contributed by atoms with van der Waals surface area (Å²) in [6, 6.07) is 28.5. The van der Waals surface area contributed by atoms with Crippen LogP contribution in [0.2, 0.25) is 0 Å². The van der Waals surface area contributed by atoms with Gasteiger partial charge < -0.3 is 19.5 Å². The first-order chi connectivity index (χ1) is 19.5. The third-order valence-corrected chi connectivity index (χ3v) is 7.81. The van der Waals surface area contributed by atoms with Gasteiger partial charge >= 0.3 is 0 Å². The summed E-state index contributed by atoms with van der Waals surface area (Å²) in [5.74, 6) is 1.59. The topological polar surface area (TPSA) is 55.2 Å². The van der Waals surface area contributed by atoms with E-state index in [0.29, 0.717) is 5.11 Å². The van der Waals surface area contributed by atoms with E-state index in [9.17, 15) is 0 Å². The van der Waals surface area contributed by atoms with E-state index < -0.39 is 0 Å². The molecule has 0 aliphatic carbocycles. The van der Waals surface area contributed by atoms with Gasteiger partial charge in [0.2, 0.25) is 0 Å². The van der Waals surface area contributed by atoms with Crippen LogP contribution in [0, 0.1) is 20.8 Å². The van der Waals surface area contributed by atoms with Crippen molar-refractivity contribution in [2.24, 2.45) is 0 Å². The van der Waals surface area contributed by atoms with Crippen LogP contribution in [-0.2, 0) is 6.54 Å². The monoisotopic (exact) mass is 545 g/mol. The van der Waals surface area contributed by atoms with Crippen molar-refractivity contribution >= 4 is 23.0 Å². The lowest BCUT2D eigenvalue weighted by molar-refractivity contribution is 0.482. The van der Waals surface area contributed by atoms with Gasteiger partial charge in [0.1, 0.15) is 11.5 Å². The predicted molar refractivity (Wildman–Crippen MR) is 163 cm³/mol. The van der Waals surface area contributed by atoms with E-state index in [2.05, 4.69) is 76.9 Å². The minimum Gasteiger partial charge on any atom is -0.457 e. The molecular formula is C33H31N5OS. The Balaban J connectivity index is 1.37. The van der Waals surface area contributed by atoms with Gasteiger partial charge in [-0.1, -0.05) is 23.8 Å². The minimum absolute atomic E-state index is 0.0799. The van der Waals surface area contributed by atoms with Gasteiger partial charge in [-0.15, -0.1) is 0 Å². The fourth-order valence-corrected chi connectivity index (χ4v) is 5.75. The smallest absolute Gasteiger partial charge is 0.174 e. The number of hydrogen-bond donors (Lipinski definition) is 1. The fraction of sp³-hybridized carbons (Fsp3) is 0.182. The summed E-state index contributed by atoms with van der Waals surface area (Å²) in [5, 5.41) is 4.25. The Kier molecular flexibility index (Phi) is 7.05. The Hall–Kier alpha value is -4.49. The zero-order chi connectivity index (χ0) is 27.6. The Morgan fingerprint density at radius 3 is 2.23 bits per heavy atom. The second-order valence-electron chi connectivity index (χ2n) is 10.2. The highest BCUT2D eigenvalue weighted by atomic mass is 32.1. The molecule has 0 amide bonds. The maximum absolute atomic E-state index is 6.09. The average Bonchev–Trinajstić information content (AvgIpc) is 3.46. The highest BCUT2D eigenvalue weighted by Crippen LogP contribution is 2.43. The molecule has 0 spiro atoms. The molecule has 2 atom stereocenters. The summed E-state index contributed by atoms with van der Waals surface area (Å²) in [6.45, 7) is 7.20. The molecule has 1 aliphatic rings. The molecule has 1 N–H and O–H groups in total. The molecule has 1 aliphatic heterocycles. The van der Waals surface area contributed by atoms with Crippen molar-refractivity contribution in [3.63, 3.8) is 0 Å². The van der Waals surface area contributed by atoms with E-state index in [4.69, 9.17) is 21.9 Å². The predicted octanol–water partition coefficient (Wildman–Crippen LogP) is 7.22. The van der Waals surface area contributed by atoms with E-state index in [1.165, 1.54) is 28.1 Å². The number of thiocarbonyl (C=S) groups is 1. The van der Waals surface area contributed by atoms with Crippen LogP contribution in [0.3, 0.4) is 0 Å². The van der Waals surface area contributed by atoms with Crippen molar-refractivity contribution in [2.45, 2.75) is 39.4 Å². The van der Waals surface area contributed by atoms with Crippen LogP contribution >= 0.6 is 12.2 Å². The third-order valence-electron chi connectivity index (χ3n) is 7.49. The number of benzene rings is 2. The quantitative estimate of drug-likeness (QED) is 0.218. The number of aromatic nitrogens is 3. The Morgan fingerprint density at radius 1 is 0.850 bits per heavy atom. The molecule has 40 heavy (non-hydrogen) atoms. The summed E-state index contributed by atoms with van der Waals surface area (Å²) in [7, 11) is 0. The molecule has 1 saturated heterocycles. The van der Waals surface area contributed by atoms with Gasteiger partial charge in [0.05, 0.1) is 17.8 Å². The van der Waals surface area contributed by atoms with E-state index in [-0.39, 0.29) is 12.1 Å². The van der Waals surface area contributed by atoms with Crippen molar-refractivity contribution in [1.82, 2.24) is 19.9 Å². The first kappa shape index (κ1) is 25.8. The second-order valence-corrected chi connectivity index (χ2v) is 10.6. The van der Waals surface area contributed by atoms with E-state index in [0.717, 1.165) is 29.4 Å². The number of rotatable bonds is 7. The van der Waals surface area contributed by atoms with Crippen molar-refractivity contribution in [2.75, 3.05) is 4.90 Å². The maximum Gasteiger partial charge on any atom is 0.174 e. The number of pyridine rings is 2. The van der Waals surface area contributed by atoms with Gasteiger partial charge in [0, 0.05) is 42.2 Å². The lowest BCUT2D eigenvalue weighted by Crippen LogP contribution is -2.29. The molecule has 2 unspecified atom stereocenters. The van der Waals surface area contributed by atoms with Gasteiger partial charge in [-0.25, -0.2) is 0 Å². The van der Waals surface area contributed by atoms with Crippen molar-refractivity contribution in [3.8, 4) is 11.5 Å². The molecule has 0 saturated carbocycles. The SMILES string of the molecule is Cc1ccc(Oc2ccc(N3C(=S)NC(c4ccccn4)C3c3cc(C)n(Cc4ccncc4)c3C)cc2)cc1. The summed E-state index contributed by atoms with van der Waals surface area (Å²) >= 11 is 5.96. The molecule has 6 nitrogen and oxygen atoms in total. The van der Waals surface area contributed by atoms with Crippen LogP contribution in [0.25, 0.3) is 0 Å². The summed E-state index contributed by atoms with van der Waals surface area (Å²) in [6.07, 6.45) is 5.52. The molecule has 200 valence electrons. The molecule has 4 heterocycles. The van der Waals surface area contributed by atoms with Crippen molar-refractivity contribution in [1.29, 1.82) is 0 Å². The van der Waals surface area contributed by atoms with Gasteiger partial charge in [-0.2, -0.15) is 0 Å². The highest BCUT2D eigenvalue weighted by Gasteiger charge is 2.42. The number of aryl methyl sites for hydroxylation is 2. The molecular weight excluding hydrogens is 514 g/mol. The van der Waals surface area contributed by atoms with Gasteiger partial charge in [0.25, 0.3) is 0 Å². The third kappa shape index (κ3) is 5.08. The molecule has 1 fully saturated rings. The maximum atomic E-state index is 6.09. The Labute approximate surface area is 240 Å². The fourth-order valence-electron chi connectivity index (χ4n) is 5.41. The largest absolute Gasteiger partial charge is 0.457 e. The van der Waals surface area contributed by atoms with Crippen LogP contribution in [0.5, 0.6) is 11.5 Å². The van der Waals surface area contributed by atoms with Gasteiger partial charge in [-0.05, 0) is 111 Å². The highest BCUT2D eigenvalue weighted by molar-refractivity contribution is 7.80. The molecule has 7 heteroatoms. The molecule has 5 aromatic rings. The first-order valence-electron chi connectivity index (χ1n) is 13.4. The summed E-state index contributed by atoms with van der Waals surface area (Å²) < 4.78 is 8.45. The number of nitrogens with zero attached hydrogens (tertiary/aromatic N) is 4. The van der Waals surface area contributed by atoms with E-state index in [1.54, 1.807) is 0 Å². The van der Waals surface area contributed by atoms with Crippen LogP contribution in [0.1, 0.15) is 45.9 Å². The second kappa shape index (κ2) is 10.9. The lowest BCUT2D eigenvalue weighted by atomic mass is 9.96. The molecule has 3 aromatic heterocycles. The Bertz CT molecular complexity index is 1620. The van der Waals surface area contributed by atoms with Gasteiger partial charge in [0.15, 0.2) is 5.11 Å². The summed E-state index contributed by atoms with van der Waals surface area (Å²) in [4.78, 5) is 11.1. The number of nitrogens with one attached hydrogen (secondary N) is 1. The number of anilines is 1. The molecule has 0 radical (unpaired) electrons. The zero-order valence-corrected chi connectivity index (χ0v) is 23.6.